The highest BCUT2D eigenvalue weighted by atomic mass is 16.5. The van der Waals surface area contributed by atoms with E-state index in [1.165, 1.54) is 0 Å². The third-order valence-corrected chi connectivity index (χ3v) is 4.47. The van der Waals surface area contributed by atoms with E-state index in [-0.39, 0.29) is 0 Å². The molecule has 0 atom stereocenters. The Morgan fingerprint density at radius 2 is 1.36 bits per heavy atom. The highest BCUT2D eigenvalue weighted by Gasteiger charge is 2.16. The predicted octanol–water partition coefficient (Wildman–Crippen LogP) is 5.89. The van der Waals surface area contributed by atoms with Gasteiger partial charge in [0, 0.05) is 11.1 Å². The summed E-state index contributed by atoms with van der Waals surface area (Å²) in [6, 6.07) is 27.9. The van der Waals surface area contributed by atoms with Crippen molar-refractivity contribution in [1.29, 1.82) is 0 Å². The van der Waals surface area contributed by atoms with Gasteiger partial charge in [0.05, 0.1) is 7.11 Å². The van der Waals surface area contributed by atoms with Crippen LogP contribution in [0.2, 0.25) is 0 Å². The van der Waals surface area contributed by atoms with Gasteiger partial charge >= 0.3 is 0 Å². The second-order valence-electron chi connectivity index (χ2n) is 5.97. The fraction of sp³-hybridized carbons (Fsp3) is 0.0435. The molecule has 1 N–H and O–H groups in total. The van der Waals surface area contributed by atoms with Crippen molar-refractivity contribution in [3.05, 3.63) is 84.9 Å². The molecule has 4 rings (SSSR count). The van der Waals surface area contributed by atoms with E-state index in [1.807, 2.05) is 84.9 Å². The van der Waals surface area contributed by atoms with Crippen LogP contribution in [-0.4, -0.2) is 12.2 Å². The third kappa shape index (κ3) is 2.72. The summed E-state index contributed by atoms with van der Waals surface area (Å²) in [5, 5.41) is 13.1. The van der Waals surface area contributed by atoms with Gasteiger partial charge in [-0.3, -0.25) is 0 Å². The molecule has 0 radical (unpaired) electrons. The number of fused-ring (bicyclic) bond motifs is 1. The summed E-state index contributed by atoms with van der Waals surface area (Å²) in [5.41, 5.74) is 3.65. The Morgan fingerprint density at radius 1 is 0.720 bits per heavy atom. The van der Waals surface area contributed by atoms with Gasteiger partial charge in [-0.25, -0.2) is 0 Å². The Morgan fingerprint density at radius 3 is 2.00 bits per heavy atom. The van der Waals surface area contributed by atoms with Gasteiger partial charge in [0.1, 0.15) is 11.5 Å². The maximum atomic E-state index is 11.1. The smallest absolute Gasteiger partial charge is 0.131 e. The van der Waals surface area contributed by atoms with Crippen molar-refractivity contribution in [2.45, 2.75) is 0 Å². The van der Waals surface area contributed by atoms with Crippen molar-refractivity contribution in [3.63, 3.8) is 0 Å². The van der Waals surface area contributed by atoms with Crippen LogP contribution < -0.4 is 4.74 Å². The number of aromatic hydroxyl groups is 1. The number of hydrogen-bond acceptors (Lipinski definition) is 2. The van der Waals surface area contributed by atoms with Crippen LogP contribution in [0.25, 0.3) is 33.0 Å². The van der Waals surface area contributed by atoms with E-state index in [1.54, 1.807) is 7.11 Å². The first kappa shape index (κ1) is 15.3. The van der Waals surface area contributed by atoms with Gasteiger partial charge in [-0.2, -0.15) is 0 Å². The van der Waals surface area contributed by atoms with Gasteiger partial charge in [0.15, 0.2) is 0 Å². The molecule has 2 heteroatoms. The minimum absolute atomic E-state index is 0.301. The van der Waals surface area contributed by atoms with Crippen molar-refractivity contribution in [2.24, 2.45) is 0 Å². The van der Waals surface area contributed by atoms with Crippen LogP contribution in [0, 0.1) is 0 Å². The molecule has 0 unspecified atom stereocenters. The van der Waals surface area contributed by atoms with Crippen LogP contribution in [0.3, 0.4) is 0 Å². The molecular formula is C23H18O2. The second kappa shape index (κ2) is 6.33. The number of methoxy groups -OCH3 is 1. The fourth-order valence-electron chi connectivity index (χ4n) is 3.24. The summed E-state index contributed by atoms with van der Waals surface area (Å²) in [6.45, 7) is 0. The van der Waals surface area contributed by atoms with E-state index in [9.17, 15) is 5.11 Å². The molecule has 122 valence electrons. The molecular weight excluding hydrogens is 308 g/mol. The van der Waals surface area contributed by atoms with E-state index in [0.717, 1.165) is 38.8 Å². The zero-order valence-electron chi connectivity index (χ0n) is 13.9. The van der Waals surface area contributed by atoms with Crippen molar-refractivity contribution in [2.75, 3.05) is 7.11 Å². The molecule has 2 nitrogen and oxygen atoms in total. The normalized spacial score (nSPS) is 10.8. The first-order valence-electron chi connectivity index (χ1n) is 8.22. The molecule has 0 bridgehead atoms. The van der Waals surface area contributed by atoms with Gasteiger partial charge in [-0.15, -0.1) is 0 Å². The largest absolute Gasteiger partial charge is 0.507 e. The lowest BCUT2D eigenvalue weighted by Crippen LogP contribution is -1.89. The number of hydrogen-bond donors (Lipinski definition) is 1. The number of ether oxygens (including phenoxy) is 1. The molecule has 4 aromatic rings. The maximum Gasteiger partial charge on any atom is 0.131 e. The Hall–Kier alpha value is -3.26. The standard InChI is InChI=1S/C23H18O2/c1-25-19-12-13-20-18(14-19)15-21(16-8-4-2-5-9-16)23(24)22(20)17-10-6-3-7-11-17/h2-15,24H,1H3. The van der Waals surface area contributed by atoms with E-state index in [0.29, 0.717) is 5.75 Å². The molecule has 0 amide bonds. The van der Waals surface area contributed by atoms with Crippen molar-refractivity contribution < 1.29 is 9.84 Å². The van der Waals surface area contributed by atoms with Gasteiger partial charge in [0.2, 0.25) is 0 Å². The number of rotatable bonds is 3. The van der Waals surface area contributed by atoms with E-state index < -0.39 is 0 Å². The topological polar surface area (TPSA) is 29.5 Å². The van der Waals surface area contributed by atoms with Crippen LogP contribution in [0.5, 0.6) is 11.5 Å². The molecule has 0 fully saturated rings. The second-order valence-corrected chi connectivity index (χ2v) is 5.97. The quantitative estimate of drug-likeness (QED) is 0.509. The molecule has 0 aliphatic rings. The molecule has 0 aliphatic heterocycles. The van der Waals surface area contributed by atoms with Gasteiger partial charge in [0.25, 0.3) is 0 Å². The van der Waals surface area contributed by atoms with Crippen LogP contribution in [0.15, 0.2) is 84.9 Å². The zero-order valence-corrected chi connectivity index (χ0v) is 13.9. The molecule has 0 spiro atoms. The molecule has 25 heavy (non-hydrogen) atoms. The minimum atomic E-state index is 0.301. The average Bonchev–Trinajstić information content (AvgIpc) is 2.68. The van der Waals surface area contributed by atoms with Gasteiger partial charge in [-0.1, -0.05) is 60.7 Å². The van der Waals surface area contributed by atoms with Crippen molar-refractivity contribution >= 4 is 10.8 Å². The number of phenolic OH excluding ortho intramolecular Hbond substituents is 1. The molecule has 0 saturated carbocycles. The predicted molar refractivity (Wildman–Crippen MR) is 103 cm³/mol. The maximum absolute atomic E-state index is 11.1. The highest BCUT2D eigenvalue weighted by molar-refractivity contribution is 6.04. The summed E-state index contributed by atoms with van der Waals surface area (Å²) in [6.07, 6.45) is 0. The first-order valence-corrected chi connectivity index (χ1v) is 8.22. The summed E-state index contributed by atoms with van der Waals surface area (Å²) in [4.78, 5) is 0. The van der Waals surface area contributed by atoms with Gasteiger partial charge < -0.3 is 9.84 Å². The molecule has 0 aromatic heterocycles. The third-order valence-electron chi connectivity index (χ3n) is 4.47. The lowest BCUT2D eigenvalue weighted by Gasteiger charge is -2.15. The van der Waals surface area contributed by atoms with Crippen molar-refractivity contribution in [1.82, 2.24) is 0 Å². The summed E-state index contributed by atoms with van der Waals surface area (Å²) >= 11 is 0. The molecule has 0 aliphatic carbocycles. The number of benzene rings is 4. The lowest BCUT2D eigenvalue weighted by molar-refractivity contribution is 0.415. The fourth-order valence-corrected chi connectivity index (χ4v) is 3.24. The Kier molecular flexibility index (Phi) is 3.87. The van der Waals surface area contributed by atoms with Crippen LogP contribution in [0.4, 0.5) is 0 Å². The van der Waals surface area contributed by atoms with E-state index in [2.05, 4.69) is 0 Å². The SMILES string of the molecule is COc1ccc2c(-c3ccccc3)c(O)c(-c3ccccc3)cc2c1. The summed E-state index contributed by atoms with van der Waals surface area (Å²) in [7, 11) is 1.66. The first-order chi connectivity index (χ1) is 12.3. The van der Waals surface area contributed by atoms with E-state index >= 15 is 0 Å². The highest BCUT2D eigenvalue weighted by Crippen LogP contribution is 2.44. The van der Waals surface area contributed by atoms with Crippen LogP contribution in [0.1, 0.15) is 0 Å². The van der Waals surface area contributed by atoms with Crippen LogP contribution >= 0.6 is 0 Å². The molecule has 0 heterocycles. The number of phenols is 1. The Balaban J connectivity index is 2.09. The monoisotopic (exact) mass is 326 g/mol. The average molecular weight is 326 g/mol. The Bertz CT molecular complexity index is 1020. The zero-order chi connectivity index (χ0) is 17.2. The van der Waals surface area contributed by atoms with Crippen molar-refractivity contribution in [3.8, 4) is 33.8 Å². The van der Waals surface area contributed by atoms with Gasteiger partial charge in [-0.05, 0) is 46.2 Å². The van der Waals surface area contributed by atoms with E-state index in [4.69, 9.17) is 4.74 Å². The summed E-state index contributed by atoms with van der Waals surface area (Å²) < 4.78 is 5.38. The molecule has 0 saturated heterocycles. The Labute approximate surface area is 146 Å². The molecule has 4 aromatic carbocycles. The lowest BCUT2D eigenvalue weighted by atomic mass is 9.91. The van der Waals surface area contributed by atoms with Crippen LogP contribution in [-0.2, 0) is 0 Å². The minimum Gasteiger partial charge on any atom is -0.507 e. The summed E-state index contributed by atoms with van der Waals surface area (Å²) in [5.74, 6) is 1.10.